The van der Waals surface area contributed by atoms with Crippen molar-refractivity contribution >= 4 is 144 Å². The van der Waals surface area contributed by atoms with Crippen molar-refractivity contribution in [3.8, 4) is 0 Å². The zero-order chi connectivity index (χ0) is 21.9. The molecule has 3 rings (SSSR count). The molecule has 0 aromatic carbocycles. The highest BCUT2D eigenvalue weighted by Gasteiger charge is 2.20. The van der Waals surface area contributed by atoms with Crippen LogP contribution in [0.25, 0.3) is 0 Å². The maximum absolute atomic E-state index is 4.46. The molecule has 3 heterocycles. The Morgan fingerprint density at radius 3 is 1.19 bits per heavy atom. The Morgan fingerprint density at radius 1 is 0.645 bits per heavy atom. The summed E-state index contributed by atoms with van der Waals surface area (Å²) in [5, 5.41) is 9.38. The van der Waals surface area contributed by atoms with Gasteiger partial charge in [0.1, 0.15) is 3.91 Å². The average molecular weight is 641 g/mol. The van der Waals surface area contributed by atoms with E-state index in [1.54, 1.807) is 0 Å². The Morgan fingerprint density at radius 2 is 0.968 bits per heavy atom. The lowest BCUT2D eigenvalue weighted by atomic mass is 10.5. The minimum Gasteiger partial charge on any atom is -0.178 e. The Hall–Kier alpha value is 3.42. The fourth-order valence-corrected chi connectivity index (χ4v) is 15.5. The molecule has 0 aromatic rings. The Balaban J connectivity index is 1.54. The van der Waals surface area contributed by atoms with Gasteiger partial charge in [0.25, 0.3) is 0 Å². The number of hydrogen-bond donors (Lipinski definition) is 3. The summed E-state index contributed by atoms with van der Waals surface area (Å²) in [6.07, 6.45) is 0. The van der Waals surface area contributed by atoms with Gasteiger partial charge in [-0.1, -0.05) is 0 Å². The lowest BCUT2D eigenvalue weighted by Crippen LogP contribution is -2.14. The molecule has 176 valence electrons. The second-order valence-corrected chi connectivity index (χ2v) is 19.0. The molecule has 0 saturated carbocycles. The van der Waals surface area contributed by atoms with Gasteiger partial charge in [0.2, 0.25) is 0 Å². The lowest BCUT2D eigenvalue weighted by molar-refractivity contribution is 1.15. The van der Waals surface area contributed by atoms with Crippen molar-refractivity contribution in [3.63, 3.8) is 0 Å². The predicted octanol–water partition coefficient (Wildman–Crippen LogP) is 8.33. The molecule has 0 nitrogen and oxygen atoms in total. The van der Waals surface area contributed by atoms with Crippen LogP contribution in [-0.4, -0.2) is 71.4 Å². The first-order chi connectivity index (χ1) is 15.2. The largest absolute Gasteiger partial charge is 0.178 e. The molecule has 3 fully saturated rings. The van der Waals surface area contributed by atoms with Gasteiger partial charge in [-0.05, 0) is 16.2 Å². The second kappa shape index (κ2) is 17.0. The topological polar surface area (TPSA) is 0 Å². The number of thioether (sulfide) groups is 9. The molecule has 3 aliphatic rings. The molecule has 31 heavy (non-hydrogen) atoms. The van der Waals surface area contributed by atoms with E-state index in [9.17, 15) is 0 Å². The highest BCUT2D eigenvalue weighted by molar-refractivity contribution is 8.35. The van der Waals surface area contributed by atoms with Crippen LogP contribution in [0.3, 0.4) is 0 Å². The number of hydrogen-bond acceptors (Lipinski definition) is 12. The van der Waals surface area contributed by atoms with Crippen molar-refractivity contribution in [1.82, 2.24) is 0 Å². The van der Waals surface area contributed by atoms with E-state index in [1.807, 2.05) is 70.6 Å². The van der Waals surface area contributed by atoms with Gasteiger partial charge < -0.3 is 0 Å². The lowest BCUT2D eigenvalue weighted by Gasteiger charge is -2.23. The molecule has 3 unspecified atom stereocenters. The van der Waals surface area contributed by atoms with Gasteiger partial charge in [0.05, 0.1) is 0 Å². The van der Waals surface area contributed by atoms with Gasteiger partial charge in [-0.15, -0.1) is 70.6 Å². The van der Waals surface area contributed by atoms with Crippen LogP contribution in [-0.2, 0) is 0 Å². The van der Waals surface area contributed by atoms with E-state index in [0.717, 1.165) is 34.5 Å². The fourth-order valence-electron chi connectivity index (χ4n) is 2.48. The van der Waals surface area contributed by atoms with E-state index < -0.39 is 0 Å². The van der Waals surface area contributed by atoms with Crippen LogP contribution < -0.4 is 0 Å². The first-order valence-corrected chi connectivity index (χ1v) is 20.6. The SMILES string of the molecule is SCC1CSC(=CSC(SC=C2CSC(CS)CS2)SC=C2CSC(CS)CS2)CS1. The van der Waals surface area contributed by atoms with Crippen LogP contribution in [0.1, 0.15) is 0 Å². The summed E-state index contributed by atoms with van der Waals surface area (Å²) in [6, 6.07) is 0. The van der Waals surface area contributed by atoms with Crippen molar-refractivity contribution < 1.29 is 0 Å². The molecule has 3 aliphatic heterocycles. The normalized spacial score (nSPS) is 32.6. The van der Waals surface area contributed by atoms with Crippen molar-refractivity contribution in [2.24, 2.45) is 0 Å². The minimum atomic E-state index is 0.460. The van der Waals surface area contributed by atoms with Crippen LogP contribution in [0, 0.1) is 0 Å². The molecule has 0 aromatic heterocycles. The van der Waals surface area contributed by atoms with Gasteiger partial charge in [-0.3, -0.25) is 0 Å². The molecule has 0 spiro atoms. The Labute approximate surface area is 243 Å². The first-order valence-electron chi connectivity index (χ1n) is 9.79. The smallest absolute Gasteiger partial charge is 0.108 e. The second-order valence-electron chi connectivity index (χ2n) is 6.73. The number of rotatable bonds is 9. The van der Waals surface area contributed by atoms with E-state index in [-0.39, 0.29) is 0 Å². The van der Waals surface area contributed by atoms with Crippen LogP contribution in [0.4, 0.5) is 0 Å². The molecule has 0 radical (unpaired) electrons. The molecule has 0 aliphatic carbocycles. The molecule has 12 heteroatoms. The maximum Gasteiger partial charge on any atom is 0.108 e. The summed E-state index contributed by atoms with van der Waals surface area (Å²) in [6.45, 7) is 0. The van der Waals surface area contributed by atoms with Crippen LogP contribution in [0.5, 0.6) is 0 Å². The summed E-state index contributed by atoms with van der Waals surface area (Å²) in [4.78, 5) is 4.58. The standard InChI is InChI=1S/C19H28S12/c20-1-13-4-26-16(7-23-13)10-29-19(30-11-17-8-24-14(2-21)5-27-17)31-12-18-9-25-15(3-22)6-28-18/h10-15,19-22H,1-9H2. The maximum atomic E-state index is 4.46. The number of thiol groups is 3. The van der Waals surface area contributed by atoms with E-state index in [1.165, 1.54) is 32.0 Å². The third kappa shape index (κ3) is 11.1. The van der Waals surface area contributed by atoms with Gasteiger partial charge in [-0.25, -0.2) is 0 Å². The zero-order valence-corrected chi connectivity index (χ0v) is 27.0. The van der Waals surface area contributed by atoms with Crippen molar-refractivity contribution in [2.75, 3.05) is 51.8 Å². The molecular formula is C19H28S12. The van der Waals surface area contributed by atoms with Crippen LogP contribution >= 0.6 is 144 Å². The van der Waals surface area contributed by atoms with E-state index in [2.05, 4.69) is 89.4 Å². The Bertz CT molecular complexity index is 518. The van der Waals surface area contributed by atoms with Crippen LogP contribution in [0.15, 0.2) is 30.9 Å². The molecule has 3 saturated heterocycles. The first kappa shape index (κ1) is 29.0. The van der Waals surface area contributed by atoms with E-state index >= 15 is 0 Å². The molecule has 0 amide bonds. The Kier molecular flexibility index (Phi) is 15.9. The van der Waals surface area contributed by atoms with Crippen molar-refractivity contribution in [1.29, 1.82) is 0 Å². The fraction of sp³-hybridized carbons (Fsp3) is 0.684. The molecular weight excluding hydrogens is 613 g/mol. The van der Waals surface area contributed by atoms with Gasteiger partial charge in [0, 0.05) is 82.2 Å². The summed E-state index contributed by atoms with van der Waals surface area (Å²) < 4.78 is 0.460. The average Bonchev–Trinajstić information content (AvgIpc) is 2.84. The predicted molar refractivity (Wildman–Crippen MR) is 178 cm³/mol. The zero-order valence-electron chi connectivity index (χ0n) is 16.9. The van der Waals surface area contributed by atoms with Crippen LogP contribution in [0.2, 0.25) is 0 Å². The molecule has 0 N–H and O–H groups in total. The summed E-state index contributed by atoms with van der Waals surface area (Å²) >= 11 is 31.6. The highest BCUT2D eigenvalue weighted by Crippen LogP contribution is 2.44. The third-order valence-corrected chi connectivity index (χ3v) is 19.4. The van der Waals surface area contributed by atoms with E-state index in [4.69, 9.17) is 0 Å². The van der Waals surface area contributed by atoms with Crippen molar-refractivity contribution in [3.05, 3.63) is 30.9 Å². The van der Waals surface area contributed by atoms with E-state index in [0.29, 0.717) is 19.7 Å². The highest BCUT2D eigenvalue weighted by atomic mass is 32.3. The van der Waals surface area contributed by atoms with Gasteiger partial charge in [-0.2, -0.15) is 73.2 Å². The molecule has 0 bridgehead atoms. The third-order valence-electron chi connectivity index (χ3n) is 4.29. The minimum absolute atomic E-state index is 0.460. The quantitative estimate of drug-likeness (QED) is 0.167. The molecule has 3 atom stereocenters. The summed E-state index contributed by atoms with van der Waals surface area (Å²) in [7, 11) is 0. The summed E-state index contributed by atoms with van der Waals surface area (Å²) in [5.74, 6) is 9.97. The van der Waals surface area contributed by atoms with Gasteiger partial charge in [0.15, 0.2) is 0 Å². The summed E-state index contributed by atoms with van der Waals surface area (Å²) in [5.41, 5.74) is 0. The van der Waals surface area contributed by atoms with Gasteiger partial charge >= 0.3 is 0 Å². The monoisotopic (exact) mass is 640 g/mol. The van der Waals surface area contributed by atoms with Crippen molar-refractivity contribution in [2.45, 2.75) is 19.7 Å².